The molecule has 2 N–H and O–H groups in total. The van der Waals surface area contributed by atoms with E-state index in [0.29, 0.717) is 17.5 Å². The summed E-state index contributed by atoms with van der Waals surface area (Å²) in [5.74, 6) is 0.562. The second kappa shape index (κ2) is 10.3. The molecule has 6 nitrogen and oxygen atoms in total. The molecule has 0 unspecified atom stereocenters. The largest absolute Gasteiger partial charge is 0.355 e. The first-order valence-corrected chi connectivity index (χ1v) is 10.6. The van der Waals surface area contributed by atoms with Crippen LogP contribution < -0.4 is 10.0 Å². The normalized spacial score (nSPS) is 12.0. The molecule has 0 aliphatic rings. The van der Waals surface area contributed by atoms with Crippen LogP contribution in [-0.2, 0) is 23.1 Å². The number of sulfonamides is 1. The molecule has 0 atom stereocenters. The van der Waals surface area contributed by atoms with Crippen molar-refractivity contribution < 1.29 is 8.42 Å². The van der Waals surface area contributed by atoms with E-state index in [1.165, 1.54) is 0 Å². The predicted molar refractivity (Wildman–Crippen MR) is 111 cm³/mol. The summed E-state index contributed by atoms with van der Waals surface area (Å²) in [7, 11) is 0.154. The number of nitrogens with zero attached hydrogens (tertiary/aromatic N) is 2. The number of hydrogen-bond donors (Lipinski definition) is 2. The predicted octanol–water partition coefficient (Wildman–Crippen LogP) is 2.47. The Balaban J connectivity index is 1.82. The van der Waals surface area contributed by atoms with Gasteiger partial charge in [0.05, 0.1) is 5.75 Å². The third-order valence-corrected chi connectivity index (χ3v) is 5.63. The van der Waals surface area contributed by atoms with Gasteiger partial charge in [0.2, 0.25) is 10.0 Å². The van der Waals surface area contributed by atoms with Gasteiger partial charge >= 0.3 is 0 Å². The third kappa shape index (κ3) is 7.21. The smallest absolute Gasteiger partial charge is 0.213 e. The van der Waals surface area contributed by atoms with Crippen LogP contribution in [0.5, 0.6) is 0 Å². The maximum atomic E-state index is 12.2. The van der Waals surface area contributed by atoms with E-state index >= 15 is 0 Å². The van der Waals surface area contributed by atoms with Gasteiger partial charge in [-0.2, -0.15) is 0 Å². The van der Waals surface area contributed by atoms with Crippen LogP contribution in [0.15, 0.2) is 59.6 Å². The Bertz CT molecular complexity index is 857. The number of benzene rings is 2. The molecule has 146 valence electrons. The Kier molecular flexibility index (Phi) is 8.09. The Hall–Kier alpha value is -2.09. The second-order valence-corrected chi connectivity index (χ2v) is 8.38. The molecule has 0 aliphatic heterocycles. The molecule has 0 aliphatic carbocycles. The zero-order valence-corrected chi connectivity index (χ0v) is 17.1. The van der Waals surface area contributed by atoms with Gasteiger partial charge in [-0.25, -0.2) is 13.1 Å². The topological polar surface area (TPSA) is 73.8 Å². The molecule has 0 heterocycles. The molecule has 0 spiro atoms. The highest BCUT2D eigenvalue weighted by Crippen LogP contribution is 2.16. The first kappa shape index (κ1) is 21.2. The van der Waals surface area contributed by atoms with E-state index < -0.39 is 10.0 Å². The summed E-state index contributed by atoms with van der Waals surface area (Å²) >= 11 is 6.19. The van der Waals surface area contributed by atoms with E-state index in [9.17, 15) is 8.42 Å². The van der Waals surface area contributed by atoms with Crippen LogP contribution in [0.4, 0.5) is 0 Å². The first-order chi connectivity index (χ1) is 12.9. The molecule has 2 aromatic rings. The molecule has 0 fully saturated rings. The van der Waals surface area contributed by atoms with Crippen molar-refractivity contribution in [1.29, 1.82) is 0 Å². The van der Waals surface area contributed by atoms with Gasteiger partial charge in [-0.1, -0.05) is 60.1 Å². The molecule has 2 rings (SSSR count). The molecule has 0 saturated carbocycles. The number of aliphatic imine (C=N–C) groups is 1. The Labute approximate surface area is 166 Å². The Morgan fingerprint density at radius 1 is 1.11 bits per heavy atom. The van der Waals surface area contributed by atoms with Gasteiger partial charge in [0.15, 0.2) is 5.96 Å². The van der Waals surface area contributed by atoms with E-state index in [2.05, 4.69) is 15.0 Å². The lowest BCUT2D eigenvalue weighted by Crippen LogP contribution is -2.41. The van der Waals surface area contributed by atoms with Crippen LogP contribution in [0.3, 0.4) is 0 Å². The van der Waals surface area contributed by atoms with Gasteiger partial charge in [0.25, 0.3) is 0 Å². The molecule has 0 aromatic heterocycles. The number of halogens is 1. The minimum absolute atomic E-state index is 0.0429. The van der Waals surface area contributed by atoms with Gasteiger partial charge < -0.3 is 10.2 Å². The van der Waals surface area contributed by atoms with Crippen molar-refractivity contribution in [1.82, 2.24) is 14.9 Å². The summed E-state index contributed by atoms with van der Waals surface area (Å²) < 4.78 is 26.9. The van der Waals surface area contributed by atoms with Crippen molar-refractivity contribution in [2.75, 3.05) is 26.4 Å². The minimum Gasteiger partial charge on any atom is -0.355 e. The summed E-state index contributed by atoms with van der Waals surface area (Å²) in [6.07, 6.45) is 0. The number of guanidine groups is 1. The maximum Gasteiger partial charge on any atom is 0.213 e. The average Bonchev–Trinajstić information content (AvgIpc) is 2.66. The first-order valence-electron chi connectivity index (χ1n) is 8.58. The number of nitrogens with one attached hydrogen (secondary N) is 2. The zero-order valence-electron chi connectivity index (χ0n) is 15.5. The fraction of sp³-hybridized carbons (Fsp3) is 0.316. The van der Waals surface area contributed by atoms with Crippen LogP contribution in [0.25, 0.3) is 0 Å². The van der Waals surface area contributed by atoms with E-state index in [-0.39, 0.29) is 18.8 Å². The van der Waals surface area contributed by atoms with E-state index in [0.717, 1.165) is 11.1 Å². The zero-order chi connectivity index (χ0) is 19.7. The lowest BCUT2D eigenvalue weighted by molar-refractivity contribution is 0.478. The van der Waals surface area contributed by atoms with Crippen molar-refractivity contribution in [3.63, 3.8) is 0 Å². The molecular weight excluding hydrogens is 384 g/mol. The number of rotatable bonds is 8. The molecule has 0 amide bonds. The summed E-state index contributed by atoms with van der Waals surface area (Å²) in [5.41, 5.74) is 1.89. The van der Waals surface area contributed by atoms with Gasteiger partial charge in [-0.05, 0) is 17.2 Å². The molecule has 0 bridgehead atoms. The van der Waals surface area contributed by atoms with Gasteiger partial charge in [0, 0.05) is 38.8 Å². The monoisotopic (exact) mass is 408 g/mol. The summed E-state index contributed by atoms with van der Waals surface area (Å²) in [4.78, 5) is 6.09. The van der Waals surface area contributed by atoms with Gasteiger partial charge in [0.1, 0.15) is 0 Å². The highest BCUT2D eigenvalue weighted by Gasteiger charge is 2.12. The summed E-state index contributed by atoms with van der Waals surface area (Å²) in [5, 5.41) is 3.76. The van der Waals surface area contributed by atoms with Crippen LogP contribution in [0.1, 0.15) is 11.1 Å². The standard InChI is InChI=1S/C19H25ClN4O2S/c1-21-19(24(2)15-17-10-6-7-11-18(17)20)22-12-13-27(25,26)23-14-16-8-4-3-5-9-16/h3-11,23H,12-15H2,1-2H3,(H,21,22). The van der Waals surface area contributed by atoms with Crippen LogP contribution >= 0.6 is 11.6 Å². The molecule has 0 saturated heterocycles. The van der Waals surface area contributed by atoms with Crippen LogP contribution in [0, 0.1) is 0 Å². The molecule has 8 heteroatoms. The average molecular weight is 409 g/mol. The quantitative estimate of drug-likeness (QED) is 0.519. The minimum atomic E-state index is -3.38. The maximum absolute atomic E-state index is 12.2. The van der Waals surface area contributed by atoms with Crippen molar-refractivity contribution in [3.8, 4) is 0 Å². The van der Waals surface area contributed by atoms with Crippen LogP contribution in [0.2, 0.25) is 5.02 Å². The van der Waals surface area contributed by atoms with Crippen molar-refractivity contribution in [2.24, 2.45) is 4.99 Å². The molecule has 27 heavy (non-hydrogen) atoms. The third-order valence-electron chi connectivity index (χ3n) is 3.93. The molecular formula is C19H25ClN4O2S. The summed E-state index contributed by atoms with van der Waals surface area (Å²) in [6.45, 7) is 1.10. The van der Waals surface area contributed by atoms with Gasteiger partial charge in [-0.15, -0.1) is 0 Å². The van der Waals surface area contributed by atoms with E-state index in [4.69, 9.17) is 11.6 Å². The van der Waals surface area contributed by atoms with Crippen LogP contribution in [-0.4, -0.2) is 45.7 Å². The highest BCUT2D eigenvalue weighted by atomic mass is 35.5. The lowest BCUT2D eigenvalue weighted by Gasteiger charge is -2.22. The van der Waals surface area contributed by atoms with E-state index in [1.54, 1.807) is 7.05 Å². The van der Waals surface area contributed by atoms with Crippen molar-refractivity contribution in [2.45, 2.75) is 13.1 Å². The van der Waals surface area contributed by atoms with Gasteiger partial charge in [-0.3, -0.25) is 4.99 Å². The summed E-state index contributed by atoms with van der Waals surface area (Å²) in [6, 6.07) is 17.0. The van der Waals surface area contributed by atoms with Crippen molar-refractivity contribution >= 4 is 27.6 Å². The fourth-order valence-corrected chi connectivity index (χ4v) is 3.60. The lowest BCUT2D eigenvalue weighted by atomic mass is 10.2. The Morgan fingerprint density at radius 2 is 1.78 bits per heavy atom. The van der Waals surface area contributed by atoms with Crippen molar-refractivity contribution in [3.05, 3.63) is 70.7 Å². The Morgan fingerprint density at radius 3 is 2.44 bits per heavy atom. The molecule has 2 aromatic carbocycles. The number of hydrogen-bond acceptors (Lipinski definition) is 3. The fourth-order valence-electron chi connectivity index (χ4n) is 2.50. The second-order valence-electron chi connectivity index (χ2n) is 6.05. The van der Waals surface area contributed by atoms with E-state index in [1.807, 2.05) is 66.5 Å². The highest BCUT2D eigenvalue weighted by molar-refractivity contribution is 7.89. The molecule has 0 radical (unpaired) electrons. The SMILES string of the molecule is CN=C(NCCS(=O)(=O)NCc1ccccc1)N(C)Cc1ccccc1Cl.